The molecule has 378 valence electrons. The van der Waals surface area contributed by atoms with E-state index in [2.05, 4.69) is 56.6 Å². The van der Waals surface area contributed by atoms with Crippen molar-refractivity contribution in [2.75, 3.05) is 88.8 Å². The predicted molar refractivity (Wildman–Crippen MR) is 274 cm³/mol. The number of ether oxygens (including phenoxy) is 1. The van der Waals surface area contributed by atoms with Crippen molar-refractivity contribution in [3.8, 4) is 33.3 Å². The van der Waals surface area contributed by atoms with Gasteiger partial charge < -0.3 is 44.8 Å². The van der Waals surface area contributed by atoms with E-state index in [1.54, 1.807) is 23.5 Å². The zero-order chi connectivity index (χ0) is 49.2. The zero-order valence-corrected chi connectivity index (χ0v) is 42.3. The lowest BCUT2D eigenvalue weighted by atomic mass is 9.91. The summed E-state index contributed by atoms with van der Waals surface area (Å²) >= 11 is 1.60. The first kappa shape index (κ1) is 48.9. The highest BCUT2D eigenvalue weighted by Gasteiger charge is 2.44. The van der Waals surface area contributed by atoms with Crippen molar-refractivity contribution < 1.29 is 29.1 Å². The number of para-hydroxylation sites is 1. The van der Waals surface area contributed by atoms with Crippen molar-refractivity contribution in [3.05, 3.63) is 83.2 Å². The molecule has 4 fully saturated rings. The number of hydrogen-bond donors (Lipinski definition) is 4. The first-order valence-corrected chi connectivity index (χ1v) is 26.6. The van der Waals surface area contributed by atoms with Crippen molar-refractivity contribution in [1.82, 2.24) is 45.3 Å². The summed E-state index contributed by atoms with van der Waals surface area (Å²) in [5, 5.41) is 40.9. The van der Waals surface area contributed by atoms with E-state index in [0.29, 0.717) is 47.5 Å². The average Bonchev–Trinajstić information content (AvgIpc) is 4.14. The number of aromatic nitrogens is 4. The number of piperazine rings is 1. The lowest BCUT2D eigenvalue weighted by molar-refractivity contribution is -0.141. The number of amides is 2. The molecular formula is C53H69N11O6S. The third-order valence-electron chi connectivity index (χ3n) is 15.6. The van der Waals surface area contributed by atoms with Gasteiger partial charge in [0.25, 0.3) is 5.88 Å². The van der Waals surface area contributed by atoms with Crippen LogP contribution in [0.4, 0.5) is 11.5 Å². The van der Waals surface area contributed by atoms with Gasteiger partial charge in [-0.15, -0.1) is 21.5 Å². The van der Waals surface area contributed by atoms with Crippen LogP contribution in [0.2, 0.25) is 0 Å². The quantitative estimate of drug-likeness (QED) is 0.0953. The van der Waals surface area contributed by atoms with Crippen LogP contribution in [0.5, 0.6) is 11.6 Å². The minimum atomic E-state index is -0.812. The van der Waals surface area contributed by atoms with Gasteiger partial charge in [0.05, 0.1) is 45.7 Å². The van der Waals surface area contributed by atoms with E-state index >= 15 is 0 Å². The number of rotatable bonds is 15. The second kappa shape index (κ2) is 21.6. The van der Waals surface area contributed by atoms with Crippen molar-refractivity contribution in [3.63, 3.8) is 0 Å². The van der Waals surface area contributed by atoms with Gasteiger partial charge in [0.1, 0.15) is 24.3 Å². The topological polar surface area (TPSA) is 189 Å². The molecule has 5 atom stereocenters. The Morgan fingerprint density at radius 2 is 1.70 bits per heavy atom. The lowest BCUT2D eigenvalue weighted by Gasteiger charge is -2.49. The van der Waals surface area contributed by atoms with E-state index in [0.717, 1.165) is 98.7 Å². The standard InChI is InChI=1S/C53H69N11O6S/c1-33(2)49(53(68)64-31-41(65)25-45(64)52(67)56-34(3)37-9-11-38(12-10-37)50-35(4)55-32-71-50)47-27-48(59-70-47)69-24-23-60-17-13-36(14-18-60)29-61-19-15-39(16-20-61)62-21-22-63-40(30-62)28-54-51-44(63)26-43(57-58-51)42-7-5-6-8-46(42)66/h5-12,26-27,32-34,36,39-41,45,49,65-66H,13-25,28-31H2,1-4H3,(H,54,58)(H,56,67)/t34-,40-,41+,45-,49+/m0/s1. The van der Waals surface area contributed by atoms with Crippen molar-refractivity contribution in [2.24, 2.45) is 11.8 Å². The molecule has 71 heavy (non-hydrogen) atoms. The Morgan fingerprint density at radius 1 is 0.930 bits per heavy atom. The highest BCUT2D eigenvalue weighted by atomic mass is 32.1. The van der Waals surface area contributed by atoms with Crippen LogP contribution in [0.25, 0.3) is 21.7 Å². The number of carbonyl (C=O) groups is 2. The number of aryl methyl sites for hydroxylation is 1. The molecule has 18 heteroatoms. The van der Waals surface area contributed by atoms with Gasteiger partial charge in [-0.1, -0.05) is 50.2 Å². The monoisotopic (exact) mass is 988 g/mol. The van der Waals surface area contributed by atoms with E-state index in [1.165, 1.54) is 30.6 Å². The number of piperidine rings is 2. The Hall–Kier alpha value is -5.66. The molecule has 3 aromatic heterocycles. The molecule has 0 spiro atoms. The van der Waals surface area contributed by atoms with Crippen molar-refractivity contribution in [2.45, 2.75) is 96.0 Å². The van der Waals surface area contributed by atoms with E-state index in [1.807, 2.05) is 75.7 Å². The highest BCUT2D eigenvalue weighted by molar-refractivity contribution is 7.13. The summed E-state index contributed by atoms with van der Waals surface area (Å²) < 4.78 is 11.8. The van der Waals surface area contributed by atoms with Gasteiger partial charge in [0.2, 0.25) is 11.8 Å². The number of anilines is 2. The molecule has 0 aliphatic carbocycles. The van der Waals surface area contributed by atoms with Gasteiger partial charge in [-0.05, 0) is 112 Å². The van der Waals surface area contributed by atoms with E-state index in [9.17, 15) is 19.8 Å². The van der Waals surface area contributed by atoms with Gasteiger partial charge in [-0.3, -0.25) is 19.4 Å². The molecule has 0 bridgehead atoms. The summed E-state index contributed by atoms with van der Waals surface area (Å²) in [6, 6.07) is 19.0. The van der Waals surface area contributed by atoms with Crippen LogP contribution >= 0.6 is 11.3 Å². The fourth-order valence-electron chi connectivity index (χ4n) is 11.6. The van der Waals surface area contributed by atoms with E-state index in [-0.39, 0.29) is 42.5 Å². The van der Waals surface area contributed by atoms with Crippen LogP contribution in [-0.2, 0) is 9.59 Å². The Balaban J connectivity index is 0.642. The molecule has 2 amide bonds. The largest absolute Gasteiger partial charge is 0.507 e. The summed E-state index contributed by atoms with van der Waals surface area (Å²) in [6.07, 6.45) is 4.10. The smallest absolute Gasteiger partial charge is 0.254 e. The molecule has 4 saturated heterocycles. The predicted octanol–water partition coefficient (Wildman–Crippen LogP) is 6.02. The average molecular weight is 988 g/mol. The van der Waals surface area contributed by atoms with E-state index < -0.39 is 18.1 Å². The van der Waals surface area contributed by atoms with Crippen molar-refractivity contribution in [1.29, 1.82) is 0 Å². The molecule has 17 nitrogen and oxygen atoms in total. The summed E-state index contributed by atoms with van der Waals surface area (Å²) in [6.45, 7) is 18.5. The number of hydrogen-bond acceptors (Lipinski definition) is 16. The van der Waals surface area contributed by atoms with Gasteiger partial charge in [-0.2, -0.15) is 0 Å². The third-order valence-corrected chi connectivity index (χ3v) is 16.6. The lowest BCUT2D eigenvalue weighted by Crippen LogP contribution is -2.61. The summed E-state index contributed by atoms with van der Waals surface area (Å²) in [5.74, 6) is 1.04. The normalized spacial score (nSPS) is 22.5. The third kappa shape index (κ3) is 10.9. The maximum atomic E-state index is 14.2. The van der Waals surface area contributed by atoms with Crippen molar-refractivity contribution >= 4 is 34.7 Å². The first-order valence-electron chi connectivity index (χ1n) is 25.7. The summed E-state index contributed by atoms with van der Waals surface area (Å²) in [5.41, 5.74) is 7.31. The Kier molecular flexibility index (Phi) is 14.9. The number of β-amino-alcohol motifs (C(OH)–C–C–N with tert-alkyl or cyclic N) is 1. The molecular weight excluding hydrogens is 919 g/mol. The number of phenolic OH excluding ortho intramolecular Hbond substituents is 1. The second-order valence-corrected chi connectivity index (χ2v) is 21.5. The number of phenols is 1. The Bertz CT molecular complexity index is 2610. The van der Waals surface area contributed by atoms with Gasteiger partial charge in [-0.25, -0.2) is 4.98 Å². The van der Waals surface area contributed by atoms with Crippen LogP contribution in [0.3, 0.4) is 0 Å². The fourth-order valence-corrected chi connectivity index (χ4v) is 12.4. The highest BCUT2D eigenvalue weighted by Crippen LogP contribution is 2.38. The number of aromatic hydroxyl groups is 1. The number of thiazole rings is 1. The number of aliphatic hydroxyl groups is 1. The summed E-state index contributed by atoms with van der Waals surface area (Å²) in [4.78, 5) is 45.3. The number of carbonyl (C=O) groups excluding carboxylic acids is 2. The number of benzene rings is 2. The molecule has 4 N–H and O–H groups in total. The van der Waals surface area contributed by atoms with Crippen LogP contribution in [0, 0.1) is 18.8 Å². The van der Waals surface area contributed by atoms with Crippen LogP contribution in [-0.4, -0.2) is 165 Å². The molecule has 10 rings (SSSR count). The second-order valence-electron chi connectivity index (χ2n) is 20.7. The van der Waals surface area contributed by atoms with Gasteiger partial charge in [0.15, 0.2) is 11.6 Å². The van der Waals surface area contributed by atoms with Crippen LogP contribution in [0.1, 0.15) is 81.9 Å². The zero-order valence-electron chi connectivity index (χ0n) is 41.5. The molecule has 0 radical (unpaired) electrons. The van der Waals surface area contributed by atoms with E-state index in [4.69, 9.17) is 9.26 Å². The minimum absolute atomic E-state index is 0.0698. The molecule has 0 saturated carbocycles. The molecule has 5 aliphatic heterocycles. The molecule has 0 unspecified atom stereocenters. The first-order chi connectivity index (χ1) is 34.4. The molecule has 5 aromatic rings. The molecule has 5 aliphatic rings. The number of likely N-dealkylation sites (tertiary alicyclic amines) is 3. The number of nitrogens with one attached hydrogen (secondary N) is 2. The minimum Gasteiger partial charge on any atom is -0.507 e. The molecule has 8 heterocycles. The number of fused-ring (bicyclic) bond motifs is 3. The number of aliphatic hydroxyl groups excluding tert-OH is 1. The van der Waals surface area contributed by atoms with Gasteiger partial charge >= 0.3 is 0 Å². The maximum Gasteiger partial charge on any atom is 0.254 e. The van der Waals surface area contributed by atoms with Crippen LogP contribution in [0.15, 0.2) is 70.7 Å². The number of nitrogens with zero attached hydrogens (tertiary/aromatic N) is 9. The Morgan fingerprint density at radius 3 is 2.45 bits per heavy atom. The summed E-state index contributed by atoms with van der Waals surface area (Å²) in [7, 11) is 0. The fraction of sp³-hybridized carbons (Fsp3) is 0.547. The van der Waals surface area contributed by atoms with Crippen LogP contribution < -0.4 is 20.3 Å². The van der Waals surface area contributed by atoms with Gasteiger partial charge in [0, 0.05) is 69.9 Å². The maximum absolute atomic E-state index is 14.2. The molecule has 2 aromatic carbocycles. The SMILES string of the molecule is Cc1ncsc1-c1ccc([C@H](C)NC(=O)[C@@H]2C[C@@H](O)CN2C(=O)[C@@H](c2cc(OCCN3CCC(CN4CCC(N5CCN6c7cc(-c8ccccc8O)nnc7NC[C@H]6C5)CC4)CC3)no2)C(C)C)cc1. The Labute approximate surface area is 420 Å².